The van der Waals surface area contributed by atoms with Crippen LogP contribution < -0.4 is 11.5 Å². The minimum Gasteiger partial charge on any atom is -0.370 e. The maximum absolute atomic E-state index is 10.6. The number of nitrogens with two attached hydrogens (primary N) is 2. The second kappa shape index (κ2) is 4.91. The summed E-state index contributed by atoms with van der Waals surface area (Å²) in [6, 6.07) is 1.91. The van der Waals surface area contributed by atoms with Crippen LogP contribution >= 0.6 is 27.3 Å². The minimum absolute atomic E-state index is 0.0925. The molecule has 0 aromatic carbocycles. The number of amides is 1. The molecule has 0 bridgehead atoms. The standard InChI is InChI=1S/C9H13BrN2OS/c1-5-6(4-8(10)14-5)7(11)2-3-9(12)13/h4,7H,2-3,11H2,1H3,(H2,12,13). The van der Waals surface area contributed by atoms with Crippen LogP contribution in [-0.4, -0.2) is 5.91 Å². The van der Waals surface area contributed by atoms with E-state index in [4.69, 9.17) is 11.5 Å². The highest BCUT2D eigenvalue weighted by Crippen LogP contribution is 2.31. The summed E-state index contributed by atoms with van der Waals surface area (Å²) in [7, 11) is 0. The predicted octanol–water partition coefficient (Wildman–Crippen LogP) is 2.08. The van der Waals surface area contributed by atoms with Gasteiger partial charge in [-0.15, -0.1) is 11.3 Å². The van der Waals surface area contributed by atoms with Crippen molar-refractivity contribution in [3.63, 3.8) is 0 Å². The van der Waals surface area contributed by atoms with Crippen molar-refractivity contribution < 1.29 is 4.79 Å². The Kier molecular flexibility index (Phi) is 4.10. The van der Waals surface area contributed by atoms with Gasteiger partial charge in [0.2, 0.25) is 5.91 Å². The average Bonchev–Trinajstić information content (AvgIpc) is 2.41. The topological polar surface area (TPSA) is 69.1 Å². The second-order valence-corrected chi connectivity index (χ2v) is 5.81. The van der Waals surface area contributed by atoms with E-state index >= 15 is 0 Å². The van der Waals surface area contributed by atoms with E-state index in [1.54, 1.807) is 11.3 Å². The Hall–Kier alpha value is -0.390. The van der Waals surface area contributed by atoms with Gasteiger partial charge in [-0.1, -0.05) is 0 Å². The first-order chi connectivity index (χ1) is 6.50. The van der Waals surface area contributed by atoms with E-state index in [1.807, 2.05) is 13.0 Å². The van der Waals surface area contributed by atoms with Gasteiger partial charge in [0, 0.05) is 17.3 Å². The molecule has 1 unspecified atom stereocenters. The SMILES string of the molecule is Cc1sc(Br)cc1C(N)CCC(N)=O. The number of hydrogen-bond acceptors (Lipinski definition) is 3. The van der Waals surface area contributed by atoms with E-state index < -0.39 is 0 Å². The fraction of sp³-hybridized carbons (Fsp3) is 0.444. The molecule has 0 aliphatic rings. The van der Waals surface area contributed by atoms with E-state index in [-0.39, 0.29) is 11.9 Å². The Morgan fingerprint density at radius 2 is 2.36 bits per heavy atom. The van der Waals surface area contributed by atoms with Crippen LogP contribution in [-0.2, 0) is 4.79 Å². The summed E-state index contributed by atoms with van der Waals surface area (Å²) in [5, 5.41) is 0. The highest BCUT2D eigenvalue weighted by atomic mass is 79.9. The van der Waals surface area contributed by atoms with Gasteiger partial charge < -0.3 is 11.5 Å². The number of hydrogen-bond donors (Lipinski definition) is 2. The summed E-state index contributed by atoms with van der Waals surface area (Å²) >= 11 is 5.05. The van der Waals surface area contributed by atoms with Crippen molar-refractivity contribution in [3.05, 3.63) is 20.3 Å². The third-order valence-corrected chi connectivity index (χ3v) is 3.60. The summed E-state index contributed by atoms with van der Waals surface area (Å²) in [5.74, 6) is -0.299. The molecule has 1 rings (SSSR count). The van der Waals surface area contributed by atoms with Crippen molar-refractivity contribution in [1.29, 1.82) is 0 Å². The molecule has 0 spiro atoms. The Balaban J connectivity index is 2.64. The molecule has 1 amide bonds. The Labute approximate surface area is 95.6 Å². The molecule has 1 heterocycles. The summed E-state index contributed by atoms with van der Waals surface area (Å²) in [4.78, 5) is 11.8. The highest BCUT2D eigenvalue weighted by molar-refractivity contribution is 9.11. The molecule has 5 heteroatoms. The second-order valence-electron chi connectivity index (χ2n) is 3.17. The first-order valence-corrected chi connectivity index (χ1v) is 5.91. The van der Waals surface area contributed by atoms with Crippen molar-refractivity contribution in [1.82, 2.24) is 0 Å². The van der Waals surface area contributed by atoms with Crippen molar-refractivity contribution >= 4 is 33.2 Å². The van der Waals surface area contributed by atoms with Gasteiger partial charge in [-0.05, 0) is 40.9 Å². The third-order valence-electron chi connectivity index (χ3n) is 2.03. The number of rotatable bonds is 4. The Bertz CT molecular complexity index is 338. The number of carbonyl (C=O) groups excluding carboxylic acids is 1. The van der Waals surface area contributed by atoms with Crippen LogP contribution in [0.1, 0.15) is 29.3 Å². The van der Waals surface area contributed by atoms with E-state index in [1.165, 1.54) is 4.88 Å². The molecule has 0 aliphatic carbocycles. The van der Waals surface area contributed by atoms with Crippen LogP contribution in [0, 0.1) is 6.92 Å². The molecule has 0 saturated carbocycles. The van der Waals surface area contributed by atoms with Gasteiger partial charge in [-0.2, -0.15) is 0 Å². The molecule has 0 aliphatic heterocycles. The number of carbonyl (C=O) groups is 1. The smallest absolute Gasteiger partial charge is 0.217 e. The lowest BCUT2D eigenvalue weighted by molar-refractivity contribution is -0.118. The molecule has 1 atom stereocenters. The fourth-order valence-electron chi connectivity index (χ4n) is 1.28. The lowest BCUT2D eigenvalue weighted by atomic mass is 10.0. The van der Waals surface area contributed by atoms with Gasteiger partial charge in [-0.3, -0.25) is 4.79 Å². The maximum atomic E-state index is 10.6. The Morgan fingerprint density at radius 1 is 1.71 bits per heavy atom. The zero-order valence-corrected chi connectivity index (χ0v) is 10.3. The van der Waals surface area contributed by atoms with E-state index in [0.29, 0.717) is 12.8 Å². The van der Waals surface area contributed by atoms with Crippen LogP contribution in [0.25, 0.3) is 0 Å². The largest absolute Gasteiger partial charge is 0.370 e. The number of aryl methyl sites for hydroxylation is 1. The monoisotopic (exact) mass is 276 g/mol. The molecule has 1 aromatic rings. The maximum Gasteiger partial charge on any atom is 0.217 e. The zero-order valence-electron chi connectivity index (χ0n) is 7.92. The molecule has 0 fully saturated rings. The lowest BCUT2D eigenvalue weighted by Gasteiger charge is -2.09. The van der Waals surface area contributed by atoms with Crippen LogP contribution in [0.4, 0.5) is 0 Å². The third kappa shape index (κ3) is 3.08. The number of primary amides is 1. The highest BCUT2D eigenvalue weighted by Gasteiger charge is 2.12. The zero-order chi connectivity index (χ0) is 10.7. The van der Waals surface area contributed by atoms with Crippen molar-refractivity contribution in [3.8, 4) is 0 Å². The molecule has 1 aromatic heterocycles. The molecule has 78 valence electrons. The molecule has 14 heavy (non-hydrogen) atoms. The minimum atomic E-state index is -0.299. The summed E-state index contributed by atoms with van der Waals surface area (Å²) in [5.41, 5.74) is 12.1. The van der Waals surface area contributed by atoms with Gasteiger partial charge in [0.1, 0.15) is 0 Å². The summed E-state index contributed by atoms with van der Waals surface area (Å²) < 4.78 is 1.07. The van der Waals surface area contributed by atoms with Crippen LogP contribution in [0.3, 0.4) is 0 Å². The average molecular weight is 277 g/mol. The summed E-state index contributed by atoms with van der Waals surface area (Å²) in [6.07, 6.45) is 0.952. The molecular formula is C9H13BrN2OS. The quantitative estimate of drug-likeness (QED) is 0.884. The predicted molar refractivity (Wildman–Crippen MR) is 62.1 cm³/mol. The van der Waals surface area contributed by atoms with Crippen molar-refractivity contribution in [2.75, 3.05) is 0 Å². The lowest BCUT2D eigenvalue weighted by Crippen LogP contribution is -2.16. The Morgan fingerprint density at radius 3 is 2.79 bits per heavy atom. The van der Waals surface area contributed by atoms with E-state index in [9.17, 15) is 4.79 Å². The number of halogens is 1. The molecule has 4 N–H and O–H groups in total. The first kappa shape index (κ1) is 11.7. The van der Waals surface area contributed by atoms with Gasteiger partial charge in [0.05, 0.1) is 3.79 Å². The summed E-state index contributed by atoms with van der Waals surface area (Å²) in [6.45, 7) is 2.02. The van der Waals surface area contributed by atoms with Crippen molar-refractivity contribution in [2.24, 2.45) is 11.5 Å². The number of thiophene rings is 1. The van der Waals surface area contributed by atoms with Crippen LogP contribution in [0.2, 0.25) is 0 Å². The molecule has 3 nitrogen and oxygen atoms in total. The van der Waals surface area contributed by atoms with Gasteiger partial charge in [0.15, 0.2) is 0 Å². The van der Waals surface area contributed by atoms with Gasteiger partial charge >= 0.3 is 0 Å². The van der Waals surface area contributed by atoms with Crippen LogP contribution in [0.5, 0.6) is 0 Å². The molecular weight excluding hydrogens is 264 g/mol. The van der Waals surface area contributed by atoms with Gasteiger partial charge in [-0.25, -0.2) is 0 Å². The molecule has 0 saturated heterocycles. The first-order valence-electron chi connectivity index (χ1n) is 4.30. The van der Waals surface area contributed by atoms with E-state index in [2.05, 4.69) is 15.9 Å². The van der Waals surface area contributed by atoms with Crippen LogP contribution in [0.15, 0.2) is 9.85 Å². The fourth-order valence-corrected chi connectivity index (χ4v) is 3.06. The van der Waals surface area contributed by atoms with E-state index in [0.717, 1.165) is 9.35 Å². The molecule has 0 radical (unpaired) electrons. The van der Waals surface area contributed by atoms with Crippen molar-refractivity contribution in [2.45, 2.75) is 25.8 Å². The van der Waals surface area contributed by atoms with Gasteiger partial charge in [0.25, 0.3) is 0 Å². The normalized spacial score (nSPS) is 12.8.